The Morgan fingerprint density at radius 3 is 2.50 bits per heavy atom. The lowest BCUT2D eigenvalue weighted by Crippen LogP contribution is -1.95. The highest BCUT2D eigenvalue weighted by Crippen LogP contribution is 2.17. The van der Waals surface area contributed by atoms with Crippen molar-refractivity contribution in [3.05, 3.63) is 64.9 Å². The van der Waals surface area contributed by atoms with Crippen LogP contribution in [0.1, 0.15) is 5.56 Å². The Labute approximate surface area is 98.4 Å². The van der Waals surface area contributed by atoms with Gasteiger partial charge in [0.15, 0.2) is 0 Å². The maximum absolute atomic E-state index is 12.9. The molecule has 0 amide bonds. The van der Waals surface area contributed by atoms with Crippen molar-refractivity contribution in [2.24, 2.45) is 0 Å². The van der Waals surface area contributed by atoms with Crippen LogP contribution in [-0.4, -0.2) is 0 Å². The average molecular weight is 237 g/mol. The Morgan fingerprint density at radius 2 is 1.81 bits per heavy atom. The van der Waals surface area contributed by atoms with Gasteiger partial charge >= 0.3 is 0 Å². The molecule has 82 valence electrons. The van der Waals surface area contributed by atoms with Gasteiger partial charge in [0, 0.05) is 0 Å². The van der Waals surface area contributed by atoms with Crippen LogP contribution >= 0.6 is 11.6 Å². The van der Waals surface area contributed by atoms with Crippen molar-refractivity contribution >= 4 is 11.6 Å². The van der Waals surface area contributed by atoms with Crippen LogP contribution in [0.5, 0.6) is 5.75 Å². The van der Waals surface area contributed by atoms with Crippen LogP contribution in [0, 0.1) is 5.82 Å². The summed E-state index contributed by atoms with van der Waals surface area (Å²) in [5.41, 5.74) is 0.843. The van der Waals surface area contributed by atoms with Gasteiger partial charge in [0.05, 0.1) is 5.02 Å². The van der Waals surface area contributed by atoms with E-state index < -0.39 is 5.82 Å². The second kappa shape index (κ2) is 4.99. The first kappa shape index (κ1) is 11.0. The van der Waals surface area contributed by atoms with E-state index in [1.165, 1.54) is 6.07 Å². The minimum atomic E-state index is -0.412. The van der Waals surface area contributed by atoms with E-state index in [9.17, 15) is 4.39 Å². The van der Waals surface area contributed by atoms with Crippen molar-refractivity contribution in [1.29, 1.82) is 0 Å². The summed E-state index contributed by atoms with van der Waals surface area (Å²) < 4.78 is 18.4. The molecular formula is C13H10ClFO. The molecule has 0 fully saturated rings. The van der Waals surface area contributed by atoms with Gasteiger partial charge in [0.1, 0.15) is 18.2 Å². The molecule has 0 saturated carbocycles. The summed E-state index contributed by atoms with van der Waals surface area (Å²) in [5, 5.41) is 0.120. The highest BCUT2D eigenvalue weighted by Gasteiger charge is 2.01. The van der Waals surface area contributed by atoms with Crippen LogP contribution in [0.25, 0.3) is 0 Å². The lowest BCUT2D eigenvalue weighted by Gasteiger charge is -2.06. The van der Waals surface area contributed by atoms with E-state index in [0.717, 1.165) is 11.3 Å². The summed E-state index contributed by atoms with van der Waals surface area (Å²) in [6, 6.07) is 14.0. The van der Waals surface area contributed by atoms with Gasteiger partial charge in [0.25, 0.3) is 0 Å². The second-order valence-electron chi connectivity index (χ2n) is 3.35. The van der Waals surface area contributed by atoms with Gasteiger partial charge < -0.3 is 4.74 Å². The fourth-order valence-corrected chi connectivity index (χ4v) is 1.52. The molecular weight excluding hydrogens is 227 g/mol. The zero-order valence-corrected chi connectivity index (χ0v) is 9.25. The Morgan fingerprint density at radius 1 is 1.06 bits per heavy atom. The van der Waals surface area contributed by atoms with E-state index in [0.29, 0.717) is 6.61 Å². The van der Waals surface area contributed by atoms with Crippen LogP contribution in [0.2, 0.25) is 5.02 Å². The largest absolute Gasteiger partial charge is 0.489 e. The lowest BCUT2D eigenvalue weighted by atomic mass is 10.2. The van der Waals surface area contributed by atoms with Crippen LogP contribution in [0.3, 0.4) is 0 Å². The summed E-state index contributed by atoms with van der Waals surface area (Å²) in [4.78, 5) is 0. The van der Waals surface area contributed by atoms with Crippen molar-refractivity contribution in [2.45, 2.75) is 6.61 Å². The number of hydrogen-bond donors (Lipinski definition) is 0. The van der Waals surface area contributed by atoms with Crippen molar-refractivity contribution in [1.82, 2.24) is 0 Å². The first-order valence-electron chi connectivity index (χ1n) is 4.87. The summed E-state index contributed by atoms with van der Waals surface area (Å²) in [6.07, 6.45) is 0. The minimum Gasteiger partial charge on any atom is -0.489 e. The highest BCUT2D eigenvalue weighted by atomic mass is 35.5. The third kappa shape index (κ3) is 2.74. The molecule has 2 rings (SSSR count). The predicted octanol–water partition coefficient (Wildman–Crippen LogP) is 4.06. The van der Waals surface area contributed by atoms with Gasteiger partial charge in [-0.3, -0.25) is 0 Å². The first-order chi connectivity index (χ1) is 7.75. The molecule has 0 atom stereocenters. The third-order valence-corrected chi connectivity index (χ3v) is 2.42. The summed E-state index contributed by atoms with van der Waals surface area (Å²) in [7, 11) is 0. The van der Waals surface area contributed by atoms with Crippen molar-refractivity contribution < 1.29 is 9.13 Å². The molecule has 0 aliphatic carbocycles. The normalized spacial score (nSPS) is 10.1. The fraction of sp³-hybridized carbons (Fsp3) is 0.0769. The minimum absolute atomic E-state index is 0.120. The van der Waals surface area contributed by atoms with E-state index in [2.05, 4.69) is 0 Å². The Kier molecular flexibility index (Phi) is 3.42. The van der Waals surface area contributed by atoms with Crippen molar-refractivity contribution in [3.8, 4) is 5.75 Å². The number of para-hydroxylation sites is 1. The summed E-state index contributed by atoms with van der Waals surface area (Å²) >= 11 is 5.67. The maximum atomic E-state index is 12.9. The molecule has 16 heavy (non-hydrogen) atoms. The zero-order chi connectivity index (χ0) is 11.4. The molecule has 0 unspecified atom stereocenters. The summed E-state index contributed by atoms with van der Waals surface area (Å²) in [5.74, 6) is 0.369. The molecule has 0 saturated heterocycles. The molecule has 3 heteroatoms. The first-order valence-corrected chi connectivity index (χ1v) is 5.25. The monoisotopic (exact) mass is 236 g/mol. The van der Waals surface area contributed by atoms with Gasteiger partial charge in [-0.2, -0.15) is 0 Å². The molecule has 2 aromatic carbocycles. The number of halogens is 2. The van der Waals surface area contributed by atoms with Gasteiger partial charge in [-0.1, -0.05) is 35.9 Å². The molecule has 0 spiro atoms. The van der Waals surface area contributed by atoms with E-state index >= 15 is 0 Å². The van der Waals surface area contributed by atoms with Crippen LogP contribution in [-0.2, 0) is 6.61 Å². The predicted molar refractivity (Wildman–Crippen MR) is 62.2 cm³/mol. The molecule has 0 radical (unpaired) electrons. The molecule has 0 aliphatic heterocycles. The third-order valence-electron chi connectivity index (χ3n) is 2.13. The molecule has 2 aromatic rings. The Bertz CT molecular complexity index is 471. The molecule has 0 bridgehead atoms. The topological polar surface area (TPSA) is 9.23 Å². The standard InChI is InChI=1S/C13H10ClFO/c14-12-8-10(6-7-13(12)15)9-16-11-4-2-1-3-5-11/h1-8H,9H2. The van der Waals surface area contributed by atoms with Crippen LogP contribution in [0.4, 0.5) is 4.39 Å². The zero-order valence-electron chi connectivity index (χ0n) is 8.49. The number of hydrogen-bond acceptors (Lipinski definition) is 1. The fourth-order valence-electron chi connectivity index (χ4n) is 1.31. The van der Waals surface area contributed by atoms with Gasteiger partial charge in [-0.15, -0.1) is 0 Å². The number of ether oxygens (including phenoxy) is 1. The molecule has 0 heterocycles. The molecule has 0 N–H and O–H groups in total. The van der Waals surface area contributed by atoms with Gasteiger partial charge in [-0.05, 0) is 29.8 Å². The Balaban J connectivity index is 2.03. The van der Waals surface area contributed by atoms with E-state index in [1.807, 2.05) is 30.3 Å². The number of benzene rings is 2. The Hall–Kier alpha value is -1.54. The number of rotatable bonds is 3. The maximum Gasteiger partial charge on any atom is 0.141 e. The van der Waals surface area contributed by atoms with Crippen molar-refractivity contribution in [2.75, 3.05) is 0 Å². The average Bonchev–Trinajstić information content (AvgIpc) is 2.32. The molecule has 1 nitrogen and oxygen atoms in total. The summed E-state index contributed by atoms with van der Waals surface area (Å²) in [6.45, 7) is 0.379. The van der Waals surface area contributed by atoms with Crippen LogP contribution < -0.4 is 4.74 Å². The molecule has 0 aliphatic rings. The van der Waals surface area contributed by atoms with E-state index in [1.54, 1.807) is 12.1 Å². The SMILES string of the molecule is Fc1ccc(COc2ccccc2)cc1Cl. The van der Waals surface area contributed by atoms with Crippen molar-refractivity contribution in [3.63, 3.8) is 0 Å². The second-order valence-corrected chi connectivity index (χ2v) is 3.76. The van der Waals surface area contributed by atoms with E-state index in [4.69, 9.17) is 16.3 Å². The van der Waals surface area contributed by atoms with Gasteiger partial charge in [0.2, 0.25) is 0 Å². The van der Waals surface area contributed by atoms with E-state index in [-0.39, 0.29) is 5.02 Å². The highest BCUT2D eigenvalue weighted by molar-refractivity contribution is 6.30. The van der Waals surface area contributed by atoms with Crippen LogP contribution in [0.15, 0.2) is 48.5 Å². The lowest BCUT2D eigenvalue weighted by molar-refractivity contribution is 0.306. The molecule has 0 aromatic heterocycles. The smallest absolute Gasteiger partial charge is 0.141 e. The quantitative estimate of drug-likeness (QED) is 0.781. The van der Waals surface area contributed by atoms with Gasteiger partial charge in [-0.25, -0.2) is 4.39 Å².